The molecule has 0 spiro atoms. The van der Waals surface area contributed by atoms with Crippen LogP contribution in [-0.4, -0.2) is 12.5 Å². The minimum atomic E-state index is -0.154. The van der Waals surface area contributed by atoms with Crippen molar-refractivity contribution in [1.82, 2.24) is 0 Å². The first-order valence-electron chi connectivity index (χ1n) is 6.77. The van der Waals surface area contributed by atoms with Crippen molar-refractivity contribution in [3.05, 3.63) is 59.7 Å². The van der Waals surface area contributed by atoms with Crippen LogP contribution in [0.3, 0.4) is 0 Å². The van der Waals surface area contributed by atoms with Crippen LogP contribution >= 0.6 is 0 Å². The first kappa shape index (κ1) is 15.2. The molecule has 0 aliphatic rings. The van der Waals surface area contributed by atoms with Gasteiger partial charge in [-0.15, -0.1) is 6.42 Å². The van der Waals surface area contributed by atoms with Crippen molar-refractivity contribution in [2.75, 3.05) is 17.2 Å². The Hall–Kier alpha value is -3.24. The van der Waals surface area contributed by atoms with E-state index in [1.54, 1.807) is 12.1 Å². The van der Waals surface area contributed by atoms with Gasteiger partial charge in [0.1, 0.15) is 0 Å². The van der Waals surface area contributed by atoms with Crippen molar-refractivity contribution >= 4 is 17.3 Å². The number of nitrogens with zero attached hydrogens (tertiary/aromatic N) is 1. The van der Waals surface area contributed by atoms with Crippen molar-refractivity contribution in [1.29, 1.82) is 5.26 Å². The maximum absolute atomic E-state index is 11.9. The monoisotopic (exact) mass is 289 g/mol. The summed E-state index contributed by atoms with van der Waals surface area (Å²) in [5.41, 5.74) is 3.18. The number of nitriles is 1. The Balaban J connectivity index is 1.87. The third kappa shape index (κ3) is 4.40. The topological polar surface area (TPSA) is 64.9 Å². The largest absolute Gasteiger partial charge is 0.376 e. The summed E-state index contributed by atoms with van der Waals surface area (Å²) in [4.78, 5) is 11.9. The lowest BCUT2D eigenvalue weighted by Crippen LogP contribution is -2.21. The van der Waals surface area contributed by atoms with Gasteiger partial charge < -0.3 is 10.6 Å². The Labute approximate surface area is 129 Å². The fourth-order valence-corrected chi connectivity index (χ4v) is 1.90. The minimum absolute atomic E-state index is 0.147. The Morgan fingerprint density at radius 3 is 2.59 bits per heavy atom. The third-order valence-corrected chi connectivity index (χ3v) is 3.00. The molecule has 2 aromatic rings. The molecule has 1 amide bonds. The van der Waals surface area contributed by atoms with Gasteiger partial charge in [-0.25, -0.2) is 0 Å². The highest BCUT2D eigenvalue weighted by molar-refractivity contribution is 5.93. The number of benzene rings is 2. The summed E-state index contributed by atoms with van der Waals surface area (Å²) in [6.07, 6.45) is 5.70. The molecule has 0 aromatic heterocycles. The van der Waals surface area contributed by atoms with Gasteiger partial charge in [0.05, 0.1) is 19.0 Å². The summed E-state index contributed by atoms with van der Waals surface area (Å²) in [7, 11) is 0. The maximum atomic E-state index is 11.9. The Kier molecular flexibility index (Phi) is 5.18. The molecule has 0 aliphatic heterocycles. The van der Waals surface area contributed by atoms with Crippen LogP contribution in [0.15, 0.2) is 48.5 Å². The number of hydrogen-bond acceptors (Lipinski definition) is 3. The highest BCUT2D eigenvalue weighted by Gasteiger charge is 2.03. The first-order chi connectivity index (χ1) is 10.7. The first-order valence-corrected chi connectivity index (χ1v) is 6.77. The molecule has 0 saturated carbocycles. The SMILES string of the molecule is C#Cc1cccc(NCC(=O)Nc2ccc(CC#N)cc2)c1. The molecule has 0 aliphatic carbocycles. The van der Waals surface area contributed by atoms with E-state index in [1.807, 2.05) is 36.4 Å². The number of hydrogen-bond donors (Lipinski definition) is 2. The molecule has 108 valence electrons. The van der Waals surface area contributed by atoms with Gasteiger partial charge in [-0.1, -0.05) is 24.1 Å². The smallest absolute Gasteiger partial charge is 0.243 e. The van der Waals surface area contributed by atoms with Gasteiger partial charge in [0, 0.05) is 16.9 Å². The summed E-state index contributed by atoms with van der Waals surface area (Å²) in [6, 6.07) is 16.6. The van der Waals surface area contributed by atoms with Crippen LogP contribution in [0.25, 0.3) is 0 Å². The van der Waals surface area contributed by atoms with Crippen molar-refractivity contribution in [3.63, 3.8) is 0 Å². The number of carbonyl (C=O) groups excluding carboxylic acids is 1. The van der Waals surface area contributed by atoms with E-state index in [4.69, 9.17) is 11.7 Å². The molecule has 0 atom stereocenters. The highest BCUT2D eigenvalue weighted by Crippen LogP contribution is 2.11. The lowest BCUT2D eigenvalue weighted by Gasteiger charge is -2.08. The van der Waals surface area contributed by atoms with Crippen LogP contribution in [-0.2, 0) is 11.2 Å². The van der Waals surface area contributed by atoms with Crippen LogP contribution in [0.4, 0.5) is 11.4 Å². The van der Waals surface area contributed by atoms with Gasteiger partial charge in [-0.2, -0.15) is 5.26 Å². The van der Waals surface area contributed by atoms with E-state index in [-0.39, 0.29) is 12.5 Å². The fraction of sp³-hybridized carbons (Fsp3) is 0.111. The fourth-order valence-electron chi connectivity index (χ4n) is 1.90. The number of rotatable bonds is 5. The lowest BCUT2D eigenvalue weighted by atomic mass is 10.1. The van der Waals surface area contributed by atoms with E-state index < -0.39 is 0 Å². The molecule has 22 heavy (non-hydrogen) atoms. The summed E-state index contributed by atoms with van der Waals surface area (Å²) in [5, 5.41) is 14.4. The van der Waals surface area contributed by atoms with E-state index in [2.05, 4.69) is 22.6 Å². The molecular weight excluding hydrogens is 274 g/mol. The van der Waals surface area contributed by atoms with E-state index >= 15 is 0 Å². The molecule has 0 unspecified atom stereocenters. The third-order valence-electron chi connectivity index (χ3n) is 3.00. The summed E-state index contributed by atoms with van der Waals surface area (Å²) in [6.45, 7) is 0.147. The van der Waals surface area contributed by atoms with Crippen molar-refractivity contribution in [3.8, 4) is 18.4 Å². The molecule has 2 rings (SSSR count). The van der Waals surface area contributed by atoms with Crippen LogP contribution < -0.4 is 10.6 Å². The van der Waals surface area contributed by atoms with Gasteiger partial charge in [0.25, 0.3) is 0 Å². The second-order valence-corrected chi connectivity index (χ2v) is 4.66. The van der Waals surface area contributed by atoms with Crippen molar-refractivity contribution in [2.45, 2.75) is 6.42 Å². The van der Waals surface area contributed by atoms with E-state index in [0.29, 0.717) is 12.1 Å². The average Bonchev–Trinajstić information content (AvgIpc) is 2.55. The molecule has 0 bridgehead atoms. The molecule has 4 heteroatoms. The molecule has 2 aromatic carbocycles. The van der Waals surface area contributed by atoms with E-state index in [0.717, 1.165) is 16.8 Å². The number of nitrogens with one attached hydrogen (secondary N) is 2. The van der Waals surface area contributed by atoms with Crippen LogP contribution in [0.1, 0.15) is 11.1 Å². The Morgan fingerprint density at radius 2 is 1.91 bits per heavy atom. The van der Waals surface area contributed by atoms with Gasteiger partial charge in [-0.05, 0) is 35.9 Å². The summed E-state index contributed by atoms with van der Waals surface area (Å²) < 4.78 is 0. The second kappa shape index (κ2) is 7.52. The van der Waals surface area contributed by atoms with Gasteiger partial charge in [0.15, 0.2) is 0 Å². The molecular formula is C18H15N3O. The number of anilines is 2. The molecule has 0 heterocycles. The second-order valence-electron chi connectivity index (χ2n) is 4.66. The van der Waals surface area contributed by atoms with E-state index in [1.165, 1.54) is 0 Å². The van der Waals surface area contributed by atoms with Gasteiger partial charge in [-0.3, -0.25) is 4.79 Å². The maximum Gasteiger partial charge on any atom is 0.243 e. The molecule has 4 nitrogen and oxygen atoms in total. The normalized spacial score (nSPS) is 9.36. The summed E-state index contributed by atoms with van der Waals surface area (Å²) in [5.74, 6) is 2.39. The average molecular weight is 289 g/mol. The molecule has 0 saturated heterocycles. The van der Waals surface area contributed by atoms with Crippen LogP contribution in [0.5, 0.6) is 0 Å². The minimum Gasteiger partial charge on any atom is -0.376 e. The molecule has 2 N–H and O–H groups in total. The Bertz CT molecular complexity index is 736. The number of carbonyl (C=O) groups is 1. The summed E-state index contributed by atoms with van der Waals surface area (Å²) >= 11 is 0. The zero-order valence-electron chi connectivity index (χ0n) is 12.0. The zero-order chi connectivity index (χ0) is 15.8. The van der Waals surface area contributed by atoms with Crippen LogP contribution in [0.2, 0.25) is 0 Å². The van der Waals surface area contributed by atoms with E-state index in [9.17, 15) is 4.79 Å². The predicted octanol–water partition coefficient (Wildman–Crippen LogP) is 2.78. The predicted molar refractivity (Wildman–Crippen MR) is 87.3 cm³/mol. The molecule has 0 fully saturated rings. The highest BCUT2D eigenvalue weighted by atomic mass is 16.1. The van der Waals surface area contributed by atoms with Gasteiger partial charge >= 0.3 is 0 Å². The zero-order valence-corrected chi connectivity index (χ0v) is 12.0. The quantitative estimate of drug-likeness (QED) is 0.832. The molecule has 0 radical (unpaired) electrons. The lowest BCUT2D eigenvalue weighted by molar-refractivity contribution is -0.114. The standard InChI is InChI=1S/C18H15N3O/c1-2-14-4-3-5-17(12-14)20-13-18(22)21-16-8-6-15(7-9-16)10-11-19/h1,3-9,12,20H,10,13H2,(H,21,22). The van der Waals surface area contributed by atoms with Gasteiger partial charge in [0.2, 0.25) is 5.91 Å². The van der Waals surface area contributed by atoms with Crippen molar-refractivity contribution < 1.29 is 4.79 Å². The number of terminal acetylenes is 1. The Morgan fingerprint density at radius 1 is 1.14 bits per heavy atom. The van der Waals surface area contributed by atoms with Crippen molar-refractivity contribution in [2.24, 2.45) is 0 Å². The number of amides is 1. The van der Waals surface area contributed by atoms with Crippen LogP contribution in [0, 0.1) is 23.7 Å².